The number of fused-ring (bicyclic) bond motifs is 1. The quantitative estimate of drug-likeness (QED) is 0.651. The maximum atomic E-state index is 13.5. The van der Waals surface area contributed by atoms with Gasteiger partial charge in [0.05, 0.1) is 11.2 Å². The third-order valence-electron chi connectivity index (χ3n) is 6.25. The van der Waals surface area contributed by atoms with Crippen LogP contribution in [0.15, 0.2) is 36.4 Å². The highest BCUT2D eigenvalue weighted by Gasteiger charge is 2.56. The number of piperidine rings is 1. The van der Waals surface area contributed by atoms with Crippen molar-refractivity contribution >= 4 is 12.2 Å². The van der Waals surface area contributed by atoms with Crippen molar-refractivity contribution in [1.29, 1.82) is 0 Å². The number of pyridine rings is 1. The van der Waals surface area contributed by atoms with E-state index in [2.05, 4.69) is 10.3 Å². The molecular weight excluding hydrogens is 441 g/mol. The predicted molar refractivity (Wildman–Crippen MR) is 123 cm³/mol. The molecule has 2 N–H and O–H groups in total. The highest BCUT2D eigenvalue weighted by Crippen LogP contribution is 2.44. The van der Waals surface area contributed by atoms with E-state index in [1.165, 1.54) is 17.0 Å². The molecule has 3 atom stereocenters. The first kappa shape index (κ1) is 23.8. The number of carbonyl (C=O) groups is 2. The molecule has 8 nitrogen and oxygen atoms in total. The van der Waals surface area contributed by atoms with Gasteiger partial charge >= 0.3 is 12.2 Å². The van der Waals surface area contributed by atoms with Crippen LogP contribution in [0.3, 0.4) is 0 Å². The van der Waals surface area contributed by atoms with Gasteiger partial charge in [-0.1, -0.05) is 0 Å². The lowest BCUT2D eigenvalue weighted by molar-refractivity contribution is -0.123. The molecule has 0 spiro atoms. The first-order valence-corrected chi connectivity index (χ1v) is 11.3. The van der Waals surface area contributed by atoms with Crippen molar-refractivity contribution in [3.8, 4) is 17.1 Å². The number of nitrogens with zero attached hydrogens (tertiary/aromatic N) is 2. The summed E-state index contributed by atoms with van der Waals surface area (Å²) in [7, 11) is 0. The molecule has 2 amide bonds. The summed E-state index contributed by atoms with van der Waals surface area (Å²) < 4.78 is 25.1. The number of alkyl carbamates (subject to hydrolysis) is 1. The van der Waals surface area contributed by atoms with Crippen molar-refractivity contribution < 1.29 is 28.6 Å². The molecule has 4 rings (SSSR count). The number of aromatic nitrogens is 1. The first-order valence-electron chi connectivity index (χ1n) is 11.3. The summed E-state index contributed by atoms with van der Waals surface area (Å²) in [6.07, 6.45) is -0.987. The van der Waals surface area contributed by atoms with Crippen molar-refractivity contribution in [3.05, 3.63) is 47.8 Å². The molecule has 2 heterocycles. The molecular formula is C25H30FN3O5. The number of rotatable bonds is 5. The lowest BCUT2D eigenvalue weighted by Crippen LogP contribution is -2.71. The zero-order chi connectivity index (χ0) is 24.8. The molecule has 9 heteroatoms. The fourth-order valence-corrected chi connectivity index (χ4v) is 4.30. The van der Waals surface area contributed by atoms with Crippen LogP contribution in [0, 0.1) is 11.7 Å². The van der Waals surface area contributed by atoms with Crippen molar-refractivity contribution in [3.63, 3.8) is 0 Å². The van der Waals surface area contributed by atoms with Gasteiger partial charge in [-0.2, -0.15) is 0 Å². The van der Waals surface area contributed by atoms with E-state index in [1.54, 1.807) is 39.0 Å². The van der Waals surface area contributed by atoms with Gasteiger partial charge in [-0.05, 0) is 70.5 Å². The minimum atomic E-state index is -0.909. The number of carbonyl (C=O) groups excluding carboxylic acids is 1. The lowest BCUT2D eigenvalue weighted by Gasteiger charge is -2.57. The Kier molecular flexibility index (Phi) is 5.91. The van der Waals surface area contributed by atoms with Crippen LogP contribution in [0.4, 0.5) is 14.0 Å². The van der Waals surface area contributed by atoms with Gasteiger partial charge in [0.25, 0.3) is 0 Å². The normalized spacial score (nSPS) is 21.6. The number of likely N-dealkylation sites (tertiary alicyclic amines) is 1. The Morgan fingerprint density at radius 2 is 1.82 bits per heavy atom. The van der Waals surface area contributed by atoms with E-state index < -0.39 is 23.3 Å². The number of hydrogen-bond acceptors (Lipinski definition) is 5. The molecule has 1 aliphatic heterocycles. The maximum absolute atomic E-state index is 13.5. The second-order valence-electron chi connectivity index (χ2n) is 10.4. The zero-order valence-corrected chi connectivity index (χ0v) is 20.0. The zero-order valence-electron chi connectivity index (χ0n) is 20.0. The molecule has 2 aromatic rings. The summed E-state index contributed by atoms with van der Waals surface area (Å²) in [4.78, 5) is 29.7. The van der Waals surface area contributed by atoms with Crippen LogP contribution in [0.1, 0.15) is 46.6 Å². The average Bonchev–Trinajstić information content (AvgIpc) is 2.69. The molecule has 1 aromatic carbocycles. The van der Waals surface area contributed by atoms with E-state index >= 15 is 0 Å². The van der Waals surface area contributed by atoms with E-state index in [0.717, 1.165) is 5.56 Å². The summed E-state index contributed by atoms with van der Waals surface area (Å²) in [5.74, 6) is 0.161. The van der Waals surface area contributed by atoms with Crippen molar-refractivity contribution in [2.45, 2.75) is 64.3 Å². The van der Waals surface area contributed by atoms with Crippen molar-refractivity contribution in [1.82, 2.24) is 15.2 Å². The largest absolute Gasteiger partial charge is 0.474 e. The van der Waals surface area contributed by atoms with Crippen LogP contribution in [0.2, 0.25) is 0 Å². The second-order valence-corrected chi connectivity index (χ2v) is 10.4. The van der Waals surface area contributed by atoms with Crippen LogP contribution in [-0.4, -0.2) is 51.5 Å². The first-order chi connectivity index (χ1) is 15.8. The number of halogens is 1. The summed E-state index contributed by atoms with van der Waals surface area (Å²) in [6, 6.07) is 9.58. The highest BCUT2D eigenvalue weighted by atomic mass is 19.1. The number of hydrogen-bond donors (Lipinski definition) is 2. The minimum Gasteiger partial charge on any atom is -0.474 e. The summed E-state index contributed by atoms with van der Waals surface area (Å²) in [6.45, 7) is 9.52. The maximum Gasteiger partial charge on any atom is 0.408 e. The monoisotopic (exact) mass is 471 g/mol. The fraction of sp³-hybridized carbons (Fsp3) is 0.480. The Hall–Kier alpha value is -3.36. The molecule has 2 fully saturated rings. The number of amides is 2. The SMILES string of the molecule is CC(C)(C)OC(=O)NC(C)(C)c1cc(OC2CC3C2CN3C(=O)O)nc(-c2ccc(F)cc2)c1. The van der Waals surface area contributed by atoms with Crippen LogP contribution in [0.25, 0.3) is 11.3 Å². The van der Waals surface area contributed by atoms with E-state index in [0.29, 0.717) is 30.1 Å². The molecule has 0 radical (unpaired) electrons. The van der Waals surface area contributed by atoms with Crippen LogP contribution in [0.5, 0.6) is 5.88 Å². The van der Waals surface area contributed by atoms with E-state index in [9.17, 15) is 19.1 Å². The molecule has 1 aromatic heterocycles. The van der Waals surface area contributed by atoms with Crippen LogP contribution in [-0.2, 0) is 10.3 Å². The van der Waals surface area contributed by atoms with Gasteiger partial charge in [-0.3, -0.25) is 0 Å². The Morgan fingerprint density at radius 3 is 2.38 bits per heavy atom. The van der Waals surface area contributed by atoms with Crippen molar-refractivity contribution in [2.24, 2.45) is 5.92 Å². The van der Waals surface area contributed by atoms with Gasteiger partial charge in [0, 0.05) is 36.6 Å². The summed E-state index contributed by atoms with van der Waals surface area (Å²) in [5, 5.41) is 12.1. The Labute approximate surface area is 198 Å². The molecule has 34 heavy (non-hydrogen) atoms. The van der Waals surface area contributed by atoms with Gasteiger partial charge in [0.1, 0.15) is 17.5 Å². The molecule has 2 aliphatic rings. The van der Waals surface area contributed by atoms with E-state index in [4.69, 9.17) is 9.47 Å². The van der Waals surface area contributed by atoms with Gasteiger partial charge in [-0.15, -0.1) is 0 Å². The highest BCUT2D eigenvalue weighted by molar-refractivity contribution is 5.70. The molecule has 1 saturated heterocycles. The number of carboxylic acid groups (broad SMARTS) is 1. The third kappa shape index (κ3) is 4.93. The van der Waals surface area contributed by atoms with Crippen molar-refractivity contribution in [2.75, 3.05) is 6.54 Å². The van der Waals surface area contributed by atoms with Gasteiger partial charge in [0.2, 0.25) is 5.88 Å². The van der Waals surface area contributed by atoms with Crippen LogP contribution < -0.4 is 10.1 Å². The molecule has 0 bridgehead atoms. The molecule has 182 valence electrons. The van der Waals surface area contributed by atoms with Gasteiger partial charge < -0.3 is 24.8 Å². The standard InChI is InChI=1S/C25H30FN3O5/c1-24(2,3)34-22(30)28-25(4,5)15-10-18(14-6-8-16(26)9-7-14)27-21(11-15)33-20-12-19-17(20)13-29(19)23(31)32/h6-11,17,19-20H,12-13H2,1-5H3,(H,28,30)(H,31,32). The smallest absolute Gasteiger partial charge is 0.408 e. The average molecular weight is 472 g/mol. The van der Waals surface area contributed by atoms with Gasteiger partial charge in [-0.25, -0.2) is 19.0 Å². The minimum absolute atomic E-state index is 0.00692. The summed E-state index contributed by atoms with van der Waals surface area (Å²) >= 11 is 0. The van der Waals surface area contributed by atoms with E-state index in [-0.39, 0.29) is 23.9 Å². The Balaban J connectivity index is 1.59. The number of nitrogens with one attached hydrogen (secondary N) is 1. The fourth-order valence-electron chi connectivity index (χ4n) is 4.30. The number of benzene rings is 1. The second kappa shape index (κ2) is 8.45. The molecule has 3 unspecified atom stereocenters. The van der Waals surface area contributed by atoms with Crippen LogP contribution >= 0.6 is 0 Å². The Morgan fingerprint density at radius 1 is 1.15 bits per heavy atom. The lowest BCUT2D eigenvalue weighted by atomic mass is 9.69. The third-order valence-corrected chi connectivity index (χ3v) is 6.25. The Bertz CT molecular complexity index is 1100. The molecule has 1 aliphatic carbocycles. The summed E-state index contributed by atoms with van der Waals surface area (Å²) in [5.41, 5.74) is 0.548. The predicted octanol–water partition coefficient (Wildman–Crippen LogP) is 4.78. The van der Waals surface area contributed by atoms with E-state index in [1.807, 2.05) is 19.9 Å². The van der Waals surface area contributed by atoms with Gasteiger partial charge in [0.15, 0.2) is 0 Å². The number of ether oxygens (including phenoxy) is 2. The topological polar surface area (TPSA) is 101 Å². The molecule has 1 saturated carbocycles.